The molecule has 25 heavy (non-hydrogen) atoms. The Hall–Kier alpha value is -2.82. The summed E-state index contributed by atoms with van der Waals surface area (Å²) in [6, 6.07) is 11.8. The molecular formula is C20H25N3O2. The molecule has 3 rings (SSSR count). The van der Waals surface area contributed by atoms with Crippen LogP contribution in [-0.2, 0) is 4.79 Å². The van der Waals surface area contributed by atoms with Crippen LogP contribution in [0.25, 0.3) is 11.0 Å². The van der Waals surface area contributed by atoms with Gasteiger partial charge in [-0.05, 0) is 17.2 Å². The molecule has 1 amide bonds. The number of nitrogens with zero attached hydrogens (tertiary/aromatic N) is 1. The van der Waals surface area contributed by atoms with E-state index in [1.165, 1.54) is 0 Å². The van der Waals surface area contributed by atoms with Crippen molar-refractivity contribution in [3.05, 3.63) is 59.9 Å². The fourth-order valence-corrected chi connectivity index (χ4v) is 2.88. The monoisotopic (exact) mass is 339 g/mol. The van der Waals surface area contributed by atoms with Gasteiger partial charge in [0.05, 0.1) is 12.5 Å². The predicted molar refractivity (Wildman–Crippen MR) is 101 cm³/mol. The number of methoxy groups -OCH3 is 1. The number of benzene rings is 1. The molecule has 0 aliphatic rings. The number of nitrogens with one attached hydrogen (secondary N) is 2. The van der Waals surface area contributed by atoms with Gasteiger partial charge in [-0.3, -0.25) is 4.79 Å². The first-order valence-corrected chi connectivity index (χ1v) is 8.50. The number of aromatic nitrogens is 2. The van der Waals surface area contributed by atoms with Crippen LogP contribution in [0, 0.1) is 0 Å². The summed E-state index contributed by atoms with van der Waals surface area (Å²) in [6.07, 6.45) is 3.99. The second-order valence-electron chi connectivity index (χ2n) is 5.32. The lowest BCUT2D eigenvalue weighted by Crippen LogP contribution is -2.21. The average Bonchev–Trinajstić information content (AvgIpc) is 3.12. The van der Waals surface area contributed by atoms with E-state index in [1.54, 1.807) is 20.4 Å². The van der Waals surface area contributed by atoms with Gasteiger partial charge in [-0.15, -0.1) is 0 Å². The van der Waals surface area contributed by atoms with Crippen LogP contribution in [0.4, 0.5) is 0 Å². The van der Waals surface area contributed by atoms with Crippen molar-refractivity contribution in [2.45, 2.75) is 26.2 Å². The van der Waals surface area contributed by atoms with Crippen LogP contribution >= 0.6 is 0 Å². The van der Waals surface area contributed by atoms with Crippen LogP contribution in [-0.4, -0.2) is 30.0 Å². The molecule has 5 heteroatoms. The summed E-state index contributed by atoms with van der Waals surface area (Å²) in [5.74, 6) is 0.683. The molecule has 0 aliphatic heterocycles. The van der Waals surface area contributed by atoms with Gasteiger partial charge in [0.15, 0.2) is 0 Å². The zero-order valence-corrected chi connectivity index (χ0v) is 15.2. The molecule has 2 heterocycles. The number of hydrogen-bond acceptors (Lipinski definition) is 3. The van der Waals surface area contributed by atoms with Crippen LogP contribution < -0.4 is 10.1 Å². The minimum atomic E-state index is -0.0667. The number of aromatic amines is 1. The Morgan fingerprint density at radius 1 is 1.24 bits per heavy atom. The third kappa shape index (κ3) is 3.99. The lowest BCUT2D eigenvalue weighted by molar-refractivity contribution is -0.120. The summed E-state index contributed by atoms with van der Waals surface area (Å²) >= 11 is 0. The fourth-order valence-electron chi connectivity index (χ4n) is 2.88. The molecule has 5 nitrogen and oxygen atoms in total. The number of carbonyl (C=O) groups excluding carboxylic acids is 1. The summed E-state index contributed by atoms with van der Waals surface area (Å²) in [5, 5.41) is 3.63. The summed E-state index contributed by atoms with van der Waals surface area (Å²) in [4.78, 5) is 19.5. The van der Waals surface area contributed by atoms with Crippen LogP contribution in [0.5, 0.6) is 5.75 Å². The summed E-state index contributed by atoms with van der Waals surface area (Å²) in [5.41, 5.74) is 2.86. The van der Waals surface area contributed by atoms with Gasteiger partial charge in [-0.1, -0.05) is 44.2 Å². The molecular weight excluding hydrogens is 314 g/mol. The van der Waals surface area contributed by atoms with Crippen molar-refractivity contribution in [3.63, 3.8) is 0 Å². The second kappa shape index (κ2) is 8.87. The van der Waals surface area contributed by atoms with Crippen molar-refractivity contribution in [1.29, 1.82) is 0 Å². The standard InChI is InChI=1S/C18H19N3O2.C2H6/c1-19-16(22)10-13(12-6-4-3-5-7-12)14-11-21-18-17(14)15(23-2)8-9-20-18;1-2/h3-9,11,13H,10H2,1-2H3,(H,19,22)(H,20,21);1-2H3. The Morgan fingerprint density at radius 3 is 2.60 bits per heavy atom. The van der Waals surface area contributed by atoms with E-state index in [1.807, 2.05) is 56.4 Å². The van der Waals surface area contributed by atoms with Crippen molar-refractivity contribution in [2.75, 3.05) is 14.2 Å². The van der Waals surface area contributed by atoms with Crippen molar-refractivity contribution in [3.8, 4) is 5.75 Å². The molecule has 0 spiro atoms. The average molecular weight is 339 g/mol. The first kappa shape index (κ1) is 18.5. The Labute approximate surface area is 148 Å². The molecule has 2 aromatic heterocycles. The van der Waals surface area contributed by atoms with E-state index in [0.717, 1.165) is 27.9 Å². The van der Waals surface area contributed by atoms with E-state index < -0.39 is 0 Å². The number of H-pyrrole nitrogens is 1. The van der Waals surface area contributed by atoms with E-state index >= 15 is 0 Å². The number of ether oxygens (including phenoxy) is 1. The van der Waals surface area contributed by atoms with Gasteiger partial charge in [0.2, 0.25) is 5.91 Å². The number of carbonyl (C=O) groups is 1. The first-order chi connectivity index (χ1) is 12.2. The summed E-state index contributed by atoms with van der Waals surface area (Å²) < 4.78 is 5.48. The molecule has 1 atom stereocenters. The Morgan fingerprint density at radius 2 is 1.96 bits per heavy atom. The largest absolute Gasteiger partial charge is 0.496 e. The number of hydrogen-bond donors (Lipinski definition) is 2. The molecule has 132 valence electrons. The minimum Gasteiger partial charge on any atom is -0.496 e. The van der Waals surface area contributed by atoms with Gasteiger partial charge in [0, 0.05) is 31.8 Å². The predicted octanol–water partition coefficient (Wildman–Crippen LogP) is 3.87. The van der Waals surface area contributed by atoms with E-state index in [9.17, 15) is 4.79 Å². The summed E-state index contributed by atoms with van der Waals surface area (Å²) in [7, 11) is 3.30. The van der Waals surface area contributed by atoms with E-state index in [-0.39, 0.29) is 11.8 Å². The Bertz CT molecular complexity index is 812. The Kier molecular flexibility index (Phi) is 6.57. The molecule has 2 N–H and O–H groups in total. The molecule has 3 aromatic rings. The molecule has 0 bridgehead atoms. The van der Waals surface area contributed by atoms with Gasteiger partial charge >= 0.3 is 0 Å². The quantitative estimate of drug-likeness (QED) is 0.741. The zero-order valence-electron chi connectivity index (χ0n) is 15.2. The normalized spacial score (nSPS) is 11.4. The minimum absolute atomic E-state index is 0.00365. The molecule has 1 unspecified atom stereocenters. The SMILES string of the molecule is CC.CNC(=O)CC(c1ccccc1)c1c[nH]c2nccc(OC)c12. The number of pyridine rings is 1. The van der Waals surface area contributed by atoms with Gasteiger partial charge < -0.3 is 15.0 Å². The second-order valence-corrected chi connectivity index (χ2v) is 5.32. The smallest absolute Gasteiger partial charge is 0.220 e. The third-order valence-electron chi connectivity index (χ3n) is 4.03. The van der Waals surface area contributed by atoms with Gasteiger partial charge in [-0.2, -0.15) is 0 Å². The van der Waals surface area contributed by atoms with Crippen LogP contribution in [0.3, 0.4) is 0 Å². The number of rotatable bonds is 5. The van der Waals surface area contributed by atoms with E-state index in [4.69, 9.17) is 4.74 Å². The number of amides is 1. The van der Waals surface area contributed by atoms with Gasteiger partial charge in [0.25, 0.3) is 0 Å². The molecule has 0 radical (unpaired) electrons. The van der Waals surface area contributed by atoms with Crippen LogP contribution in [0.15, 0.2) is 48.8 Å². The van der Waals surface area contributed by atoms with Crippen molar-refractivity contribution < 1.29 is 9.53 Å². The van der Waals surface area contributed by atoms with Gasteiger partial charge in [0.1, 0.15) is 11.4 Å². The Balaban J connectivity index is 0.00000109. The molecule has 0 saturated carbocycles. The van der Waals surface area contributed by atoms with Gasteiger partial charge in [-0.25, -0.2) is 4.98 Å². The maximum atomic E-state index is 12.0. The van der Waals surface area contributed by atoms with E-state index in [0.29, 0.717) is 6.42 Å². The van der Waals surface area contributed by atoms with E-state index in [2.05, 4.69) is 15.3 Å². The fraction of sp³-hybridized carbons (Fsp3) is 0.300. The number of fused-ring (bicyclic) bond motifs is 1. The lowest BCUT2D eigenvalue weighted by atomic mass is 9.88. The first-order valence-electron chi connectivity index (χ1n) is 8.50. The summed E-state index contributed by atoms with van der Waals surface area (Å²) in [6.45, 7) is 4.00. The topological polar surface area (TPSA) is 67.0 Å². The van der Waals surface area contributed by atoms with Crippen molar-refractivity contribution in [2.24, 2.45) is 0 Å². The highest BCUT2D eigenvalue weighted by Gasteiger charge is 2.23. The van der Waals surface area contributed by atoms with Crippen molar-refractivity contribution >= 4 is 16.9 Å². The lowest BCUT2D eigenvalue weighted by Gasteiger charge is -2.17. The highest BCUT2D eigenvalue weighted by atomic mass is 16.5. The molecule has 0 fully saturated rings. The third-order valence-corrected chi connectivity index (χ3v) is 4.03. The highest BCUT2D eigenvalue weighted by molar-refractivity contribution is 5.88. The molecule has 0 aliphatic carbocycles. The molecule has 1 aromatic carbocycles. The maximum absolute atomic E-state index is 12.0. The highest BCUT2D eigenvalue weighted by Crippen LogP contribution is 2.36. The maximum Gasteiger partial charge on any atom is 0.220 e. The van der Waals surface area contributed by atoms with Crippen molar-refractivity contribution in [1.82, 2.24) is 15.3 Å². The zero-order chi connectivity index (χ0) is 18.2. The van der Waals surface area contributed by atoms with Crippen LogP contribution in [0.2, 0.25) is 0 Å². The molecule has 0 saturated heterocycles. The van der Waals surface area contributed by atoms with Crippen LogP contribution in [0.1, 0.15) is 37.3 Å².